The molecule has 1 saturated heterocycles. The summed E-state index contributed by atoms with van der Waals surface area (Å²) in [5, 5.41) is 26.5. The Morgan fingerprint density at radius 3 is 2.53 bits per heavy atom. The summed E-state index contributed by atoms with van der Waals surface area (Å²) in [5.74, 6) is -1.53. The maximum atomic E-state index is 13.6. The van der Waals surface area contributed by atoms with E-state index in [-0.39, 0.29) is 66.1 Å². The second-order valence-electron chi connectivity index (χ2n) is 16.5. The van der Waals surface area contributed by atoms with Crippen LogP contribution in [0.5, 0.6) is 0 Å². The molecule has 0 radical (unpaired) electrons. The summed E-state index contributed by atoms with van der Waals surface area (Å²) < 4.78 is 11.3. The van der Waals surface area contributed by atoms with Crippen molar-refractivity contribution in [2.45, 2.75) is 115 Å². The van der Waals surface area contributed by atoms with Gasteiger partial charge in [0.25, 0.3) is 0 Å². The number of Topliss-reactive ketones (excluding diaryl/α,β-unsaturated/α-hetero) is 1. The molecular formula is C40H53NO8. The van der Waals surface area contributed by atoms with Gasteiger partial charge < -0.3 is 25.0 Å². The minimum atomic E-state index is -1.73. The first-order valence-corrected chi connectivity index (χ1v) is 18.1. The van der Waals surface area contributed by atoms with Crippen molar-refractivity contribution in [3.05, 3.63) is 59.7 Å². The minimum Gasteiger partial charge on any atom is -0.458 e. The molecule has 1 aliphatic heterocycles. The van der Waals surface area contributed by atoms with Gasteiger partial charge in [0.1, 0.15) is 5.60 Å². The number of amides is 1. The third kappa shape index (κ3) is 6.47. The Hall–Kier alpha value is -3.14. The fourth-order valence-electron chi connectivity index (χ4n) is 10.7. The number of esters is 1. The number of fused-ring (bicyclic) bond motifs is 5. The van der Waals surface area contributed by atoms with Gasteiger partial charge in [-0.15, -0.1) is 0 Å². The summed E-state index contributed by atoms with van der Waals surface area (Å²) in [6, 6.07) is 10.3. The van der Waals surface area contributed by atoms with Crippen molar-refractivity contribution >= 4 is 23.4 Å². The molecule has 3 saturated carbocycles. The first kappa shape index (κ1) is 35.7. The van der Waals surface area contributed by atoms with Gasteiger partial charge in [0.05, 0.1) is 18.1 Å². The Kier molecular flexibility index (Phi) is 9.61. The van der Waals surface area contributed by atoms with Crippen molar-refractivity contribution in [1.29, 1.82) is 0 Å². The summed E-state index contributed by atoms with van der Waals surface area (Å²) in [7, 11) is 0. The highest BCUT2D eigenvalue weighted by Gasteiger charge is 2.68. The number of benzene rings is 1. The summed E-state index contributed by atoms with van der Waals surface area (Å²) in [6.07, 6.45) is 9.33. The molecule has 9 heteroatoms. The number of allylic oxidation sites excluding steroid dienone is 4. The number of carbonyl (C=O) groups is 4. The van der Waals surface area contributed by atoms with Gasteiger partial charge in [0.2, 0.25) is 11.7 Å². The molecule has 8 atom stereocenters. The number of hydrogen-bond acceptors (Lipinski definition) is 8. The fourth-order valence-corrected chi connectivity index (χ4v) is 10.7. The molecule has 0 aromatic heterocycles. The van der Waals surface area contributed by atoms with E-state index in [9.17, 15) is 29.4 Å². The molecule has 5 aliphatic rings. The maximum absolute atomic E-state index is 13.6. The van der Waals surface area contributed by atoms with E-state index in [4.69, 9.17) is 9.47 Å². The van der Waals surface area contributed by atoms with Crippen LogP contribution in [0.2, 0.25) is 0 Å². The Morgan fingerprint density at radius 1 is 1.04 bits per heavy atom. The van der Waals surface area contributed by atoms with Crippen molar-refractivity contribution < 1.29 is 38.9 Å². The van der Waals surface area contributed by atoms with Crippen LogP contribution in [0.25, 0.3) is 0 Å². The normalized spacial score (nSPS) is 37.7. The number of ketones is 2. The van der Waals surface area contributed by atoms with Crippen LogP contribution in [0.15, 0.2) is 54.1 Å². The largest absolute Gasteiger partial charge is 0.458 e. The van der Waals surface area contributed by atoms with Crippen molar-refractivity contribution in [3.8, 4) is 0 Å². The predicted molar refractivity (Wildman–Crippen MR) is 183 cm³/mol. The third-order valence-electron chi connectivity index (χ3n) is 13.2. The lowest BCUT2D eigenvalue weighted by Gasteiger charge is -2.59. The van der Waals surface area contributed by atoms with E-state index in [0.29, 0.717) is 19.6 Å². The zero-order chi connectivity index (χ0) is 35.2. The highest BCUT2D eigenvalue weighted by atomic mass is 16.5. The molecule has 0 unspecified atom stereocenters. The van der Waals surface area contributed by atoms with E-state index in [0.717, 1.165) is 37.7 Å². The molecule has 1 amide bonds. The Balaban J connectivity index is 1.00. The predicted octanol–water partition coefficient (Wildman–Crippen LogP) is 4.92. The van der Waals surface area contributed by atoms with E-state index in [1.54, 1.807) is 12.2 Å². The molecular weight excluding hydrogens is 622 g/mol. The SMILES string of the molecule is CC1(C)C[C@](CCNC(=O)CCC(=O)OCC(=O)[C@@]2(O)CC[C@@H]3[C@@H]4CCC5=CC(=O)C=C[C@]5(C)[C@@H]4[C@@H](O)C[C@@]32C)(c2ccccc2)CCO1. The number of rotatable bonds is 10. The molecule has 4 fully saturated rings. The van der Waals surface area contributed by atoms with Gasteiger partial charge in [-0.3, -0.25) is 19.2 Å². The molecule has 3 N–H and O–H groups in total. The van der Waals surface area contributed by atoms with Gasteiger partial charge in [-0.1, -0.05) is 55.8 Å². The standard InChI is InChI=1S/C40H53NO8/c1-36(2)25-39(19-21-49-36,26-8-6-5-7-9-26)18-20-41-33(45)12-13-34(46)48-24-32(44)40(47)17-15-30-29-11-10-27-22-28(42)14-16-37(27,3)35(29)31(43)23-38(30,40)4/h5-9,14,16,22,29-31,35,43,47H,10-13,15,17-21,23-25H2,1-4H3,(H,41,45)/t29-,30+,31-,35-,37-,38-,39+,40-/m0/s1. The second-order valence-corrected chi connectivity index (χ2v) is 16.5. The smallest absolute Gasteiger partial charge is 0.306 e. The summed E-state index contributed by atoms with van der Waals surface area (Å²) in [6.45, 7) is 8.71. The molecule has 266 valence electrons. The molecule has 0 bridgehead atoms. The van der Waals surface area contributed by atoms with Crippen molar-refractivity contribution in [2.75, 3.05) is 19.8 Å². The van der Waals surface area contributed by atoms with Crippen molar-refractivity contribution in [2.24, 2.45) is 28.6 Å². The number of ether oxygens (including phenoxy) is 2. The van der Waals surface area contributed by atoms with Gasteiger partial charge in [0.15, 0.2) is 12.4 Å². The molecule has 0 spiro atoms. The van der Waals surface area contributed by atoms with Crippen LogP contribution in [0.1, 0.15) is 97.5 Å². The van der Waals surface area contributed by atoms with Crippen LogP contribution in [0.4, 0.5) is 0 Å². The Bertz CT molecular complexity index is 1530. The van der Waals surface area contributed by atoms with Crippen LogP contribution in [0.3, 0.4) is 0 Å². The number of nitrogens with one attached hydrogen (secondary N) is 1. The average Bonchev–Trinajstić information content (AvgIpc) is 3.33. The maximum Gasteiger partial charge on any atom is 0.306 e. The lowest BCUT2D eigenvalue weighted by molar-refractivity contribution is -0.181. The summed E-state index contributed by atoms with van der Waals surface area (Å²) >= 11 is 0. The molecule has 4 aliphatic carbocycles. The average molecular weight is 676 g/mol. The van der Waals surface area contributed by atoms with Crippen LogP contribution < -0.4 is 5.32 Å². The highest BCUT2D eigenvalue weighted by Crippen LogP contribution is 2.67. The molecule has 1 heterocycles. The quantitative estimate of drug-likeness (QED) is 0.297. The van der Waals surface area contributed by atoms with Crippen molar-refractivity contribution in [3.63, 3.8) is 0 Å². The van der Waals surface area contributed by atoms with E-state index < -0.39 is 40.9 Å². The van der Waals surface area contributed by atoms with Gasteiger partial charge >= 0.3 is 5.97 Å². The van der Waals surface area contributed by atoms with Crippen molar-refractivity contribution in [1.82, 2.24) is 5.32 Å². The van der Waals surface area contributed by atoms with Crippen LogP contribution >= 0.6 is 0 Å². The topological polar surface area (TPSA) is 139 Å². The van der Waals surface area contributed by atoms with E-state index >= 15 is 0 Å². The number of aliphatic hydroxyl groups is 2. The number of carbonyl (C=O) groups excluding carboxylic acids is 4. The molecule has 9 nitrogen and oxygen atoms in total. The van der Waals surface area contributed by atoms with Crippen LogP contribution in [-0.4, -0.2) is 70.7 Å². The second kappa shape index (κ2) is 13.2. The minimum absolute atomic E-state index is 0.00638. The lowest BCUT2D eigenvalue weighted by atomic mass is 9.46. The zero-order valence-corrected chi connectivity index (χ0v) is 29.5. The monoisotopic (exact) mass is 675 g/mol. The van der Waals surface area contributed by atoms with Gasteiger partial charge in [-0.25, -0.2) is 0 Å². The lowest BCUT2D eigenvalue weighted by Crippen LogP contribution is -2.61. The first-order chi connectivity index (χ1) is 23.1. The van der Waals surface area contributed by atoms with E-state index in [2.05, 4.69) is 38.2 Å². The van der Waals surface area contributed by atoms with Crippen LogP contribution in [-0.2, 0) is 34.1 Å². The molecule has 1 aromatic rings. The summed E-state index contributed by atoms with van der Waals surface area (Å²) in [5.41, 5.74) is -1.15. The van der Waals surface area contributed by atoms with Gasteiger partial charge in [-0.2, -0.15) is 0 Å². The molecule has 1 aromatic carbocycles. The number of aliphatic hydroxyl groups excluding tert-OH is 1. The Labute approximate surface area is 289 Å². The van der Waals surface area contributed by atoms with E-state index in [1.807, 2.05) is 31.2 Å². The zero-order valence-electron chi connectivity index (χ0n) is 29.5. The van der Waals surface area contributed by atoms with Gasteiger partial charge in [-0.05, 0) is 94.8 Å². The van der Waals surface area contributed by atoms with Crippen LogP contribution in [0, 0.1) is 28.6 Å². The Morgan fingerprint density at radius 2 is 1.80 bits per heavy atom. The third-order valence-corrected chi connectivity index (χ3v) is 13.2. The van der Waals surface area contributed by atoms with E-state index in [1.165, 1.54) is 5.56 Å². The molecule has 49 heavy (non-hydrogen) atoms. The highest BCUT2D eigenvalue weighted by molar-refractivity contribution is 6.01. The summed E-state index contributed by atoms with van der Waals surface area (Å²) in [4.78, 5) is 51.1. The van der Waals surface area contributed by atoms with Gasteiger partial charge in [0, 0.05) is 41.7 Å². The molecule has 6 rings (SSSR count). The first-order valence-electron chi connectivity index (χ1n) is 18.1. The fraction of sp³-hybridized carbons (Fsp3) is 0.650. The number of hydrogen-bond donors (Lipinski definition) is 3.